The minimum absolute atomic E-state index is 0.0279. The number of carbonyl (C=O) groups excluding carboxylic acids is 2. The average molecular weight is 449 g/mol. The molecule has 1 aliphatic rings. The Balaban J connectivity index is 1.58. The minimum Gasteiger partial charge on any atom is -0.355 e. The number of piperidine rings is 1. The van der Waals surface area contributed by atoms with Crippen molar-refractivity contribution < 1.29 is 9.59 Å². The Hall–Kier alpha value is -3.12. The molecule has 176 valence electrons. The molecule has 3 rings (SSSR count). The Morgan fingerprint density at radius 3 is 2.48 bits per heavy atom. The van der Waals surface area contributed by atoms with E-state index in [1.807, 2.05) is 49.4 Å². The van der Waals surface area contributed by atoms with Gasteiger partial charge in [0.25, 0.3) is 0 Å². The van der Waals surface area contributed by atoms with Gasteiger partial charge in [-0.15, -0.1) is 6.58 Å². The molecule has 3 amide bonds. The van der Waals surface area contributed by atoms with E-state index in [0.717, 1.165) is 42.0 Å². The van der Waals surface area contributed by atoms with Gasteiger partial charge in [-0.3, -0.25) is 9.69 Å². The molecule has 2 aromatic rings. The predicted molar refractivity (Wildman–Crippen MR) is 134 cm³/mol. The van der Waals surface area contributed by atoms with E-state index in [2.05, 4.69) is 28.2 Å². The lowest BCUT2D eigenvalue weighted by atomic mass is 10.1. The lowest BCUT2D eigenvalue weighted by Gasteiger charge is -2.26. The van der Waals surface area contributed by atoms with Crippen LogP contribution in [-0.4, -0.2) is 49.6 Å². The first-order valence-electron chi connectivity index (χ1n) is 11.8. The molecule has 1 saturated heterocycles. The van der Waals surface area contributed by atoms with Gasteiger partial charge < -0.3 is 15.5 Å². The Morgan fingerprint density at radius 2 is 1.79 bits per heavy atom. The summed E-state index contributed by atoms with van der Waals surface area (Å²) in [6.45, 7) is 10.4. The average Bonchev–Trinajstić information content (AvgIpc) is 2.82. The topological polar surface area (TPSA) is 64.7 Å². The molecule has 0 spiro atoms. The van der Waals surface area contributed by atoms with Gasteiger partial charge in [0, 0.05) is 25.3 Å². The van der Waals surface area contributed by atoms with Crippen LogP contribution >= 0.6 is 0 Å². The number of urea groups is 1. The molecular weight excluding hydrogens is 412 g/mol. The second-order valence-corrected chi connectivity index (χ2v) is 8.65. The van der Waals surface area contributed by atoms with Crippen LogP contribution in [0.3, 0.4) is 0 Å². The van der Waals surface area contributed by atoms with E-state index in [9.17, 15) is 9.59 Å². The zero-order valence-corrected chi connectivity index (χ0v) is 19.7. The predicted octanol–water partition coefficient (Wildman–Crippen LogP) is 4.04. The quantitative estimate of drug-likeness (QED) is 0.539. The lowest BCUT2D eigenvalue weighted by Crippen LogP contribution is -2.39. The van der Waals surface area contributed by atoms with E-state index in [0.29, 0.717) is 26.1 Å². The van der Waals surface area contributed by atoms with E-state index >= 15 is 0 Å². The highest BCUT2D eigenvalue weighted by atomic mass is 16.2. The van der Waals surface area contributed by atoms with E-state index in [4.69, 9.17) is 0 Å². The molecule has 6 heteroatoms. The Morgan fingerprint density at radius 1 is 1.03 bits per heavy atom. The van der Waals surface area contributed by atoms with Crippen molar-refractivity contribution in [3.8, 4) is 0 Å². The van der Waals surface area contributed by atoms with Crippen LogP contribution in [0.5, 0.6) is 0 Å². The fraction of sp³-hybridized carbons (Fsp3) is 0.407. The van der Waals surface area contributed by atoms with Gasteiger partial charge in [0.05, 0.1) is 13.0 Å². The van der Waals surface area contributed by atoms with Gasteiger partial charge in [0.15, 0.2) is 0 Å². The molecule has 0 radical (unpaired) electrons. The van der Waals surface area contributed by atoms with Gasteiger partial charge in [0.1, 0.15) is 0 Å². The van der Waals surface area contributed by atoms with Crippen LogP contribution in [0.25, 0.3) is 0 Å². The number of hydrogen-bond acceptors (Lipinski definition) is 3. The third kappa shape index (κ3) is 8.06. The summed E-state index contributed by atoms with van der Waals surface area (Å²) in [5.74, 6) is 0.0279. The number of hydrogen-bond donors (Lipinski definition) is 2. The van der Waals surface area contributed by atoms with Crippen LogP contribution in [0.4, 0.5) is 10.5 Å². The van der Waals surface area contributed by atoms with Crippen LogP contribution in [0, 0.1) is 6.92 Å². The van der Waals surface area contributed by atoms with Crippen LogP contribution < -0.4 is 15.5 Å². The maximum atomic E-state index is 12.8. The van der Waals surface area contributed by atoms with Crippen molar-refractivity contribution in [1.82, 2.24) is 15.5 Å². The summed E-state index contributed by atoms with van der Waals surface area (Å²) in [4.78, 5) is 29.3. The van der Waals surface area contributed by atoms with Crippen molar-refractivity contribution >= 4 is 17.6 Å². The highest BCUT2D eigenvalue weighted by molar-refractivity contribution is 5.92. The number of nitrogens with zero attached hydrogens (tertiary/aromatic N) is 2. The fourth-order valence-corrected chi connectivity index (χ4v) is 4.11. The van der Waals surface area contributed by atoms with Crippen LogP contribution in [0.2, 0.25) is 0 Å². The maximum Gasteiger partial charge on any atom is 0.322 e. The van der Waals surface area contributed by atoms with E-state index in [1.165, 1.54) is 19.3 Å². The number of likely N-dealkylation sites (tertiary alicyclic amines) is 1. The molecule has 1 aliphatic heterocycles. The maximum absolute atomic E-state index is 12.8. The van der Waals surface area contributed by atoms with Crippen LogP contribution in [-0.2, 0) is 17.8 Å². The molecule has 0 aromatic heterocycles. The highest BCUT2D eigenvalue weighted by Gasteiger charge is 2.16. The summed E-state index contributed by atoms with van der Waals surface area (Å²) in [7, 11) is 0. The van der Waals surface area contributed by atoms with Crippen LogP contribution in [0.15, 0.2) is 61.2 Å². The zero-order valence-electron chi connectivity index (χ0n) is 19.7. The van der Waals surface area contributed by atoms with E-state index in [1.54, 1.807) is 11.0 Å². The summed E-state index contributed by atoms with van der Waals surface area (Å²) in [5.41, 5.74) is 3.92. The van der Waals surface area contributed by atoms with Crippen molar-refractivity contribution in [3.05, 3.63) is 77.9 Å². The lowest BCUT2D eigenvalue weighted by molar-refractivity contribution is -0.120. The van der Waals surface area contributed by atoms with E-state index < -0.39 is 0 Å². The summed E-state index contributed by atoms with van der Waals surface area (Å²) in [5, 5.41) is 5.89. The largest absolute Gasteiger partial charge is 0.355 e. The number of amides is 3. The van der Waals surface area contributed by atoms with Crippen molar-refractivity contribution in [2.45, 2.75) is 39.2 Å². The van der Waals surface area contributed by atoms with Crippen molar-refractivity contribution in [2.24, 2.45) is 0 Å². The molecule has 0 atom stereocenters. The van der Waals surface area contributed by atoms with E-state index in [-0.39, 0.29) is 11.9 Å². The van der Waals surface area contributed by atoms with Gasteiger partial charge in [-0.1, -0.05) is 54.5 Å². The van der Waals surface area contributed by atoms with Gasteiger partial charge >= 0.3 is 6.03 Å². The normalized spacial score (nSPS) is 13.8. The first-order valence-corrected chi connectivity index (χ1v) is 11.8. The molecule has 6 nitrogen and oxygen atoms in total. The van der Waals surface area contributed by atoms with Crippen LogP contribution in [0.1, 0.15) is 36.0 Å². The van der Waals surface area contributed by atoms with Crippen molar-refractivity contribution in [1.29, 1.82) is 0 Å². The van der Waals surface area contributed by atoms with Gasteiger partial charge in [-0.05, 0) is 56.1 Å². The SMILES string of the molecule is C=CCNC(=O)N(Cc1cccc(C)c1)c1ccc(CC(=O)NCCN2CCCCC2)cc1. The minimum atomic E-state index is -0.181. The fourth-order valence-electron chi connectivity index (χ4n) is 4.11. The Labute approximate surface area is 197 Å². The number of benzene rings is 2. The molecule has 1 fully saturated rings. The summed E-state index contributed by atoms with van der Waals surface area (Å²) < 4.78 is 0. The van der Waals surface area contributed by atoms with Gasteiger partial charge in [-0.2, -0.15) is 0 Å². The van der Waals surface area contributed by atoms with Gasteiger partial charge in [0.2, 0.25) is 5.91 Å². The number of nitrogens with one attached hydrogen (secondary N) is 2. The van der Waals surface area contributed by atoms with Gasteiger partial charge in [-0.25, -0.2) is 4.79 Å². The Bertz CT molecular complexity index is 920. The first kappa shape index (κ1) is 24.5. The standard InChI is InChI=1S/C27H36N4O2/c1-3-14-29-27(33)31(21-24-9-7-8-22(2)19-24)25-12-10-23(11-13-25)20-26(32)28-15-18-30-16-5-4-6-17-30/h3,7-13,19H,1,4-6,14-18,20-21H2,2H3,(H,28,32)(H,29,33). The summed E-state index contributed by atoms with van der Waals surface area (Å²) in [6, 6.07) is 15.6. The zero-order chi connectivity index (χ0) is 23.5. The number of aryl methyl sites for hydroxylation is 1. The molecule has 0 aliphatic carbocycles. The number of rotatable bonds is 10. The molecule has 2 N–H and O–H groups in total. The number of anilines is 1. The smallest absolute Gasteiger partial charge is 0.322 e. The summed E-state index contributed by atoms with van der Waals surface area (Å²) >= 11 is 0. The van der Waals surface area contributed by atoms with Crippen molar-refractivity contribution in [3.63, 3.8) is 0 Å². The third-order valence-electron chi connectivity index (χ3n) is 5.88. The molecular formula is C27H36N4O2. The Kier molecular flexibility index (Phi) is 9.51. The first-order chi connectivity index (χ1) is 16.0. The third-order valence-corrected chi connectivity index (χ3v) is 5.88. The molecule has 33 heavy (non-hydrogen) atoms. The molecule has 1 heterocycles. The summed E-state index contributed by atoms with van der Waals surface area (Å²) in [6.07, 6.45) is 5.83. The molecule has 0 saturated carbocycles. The molecule has 0 unspecified atom stereocenters. The molecule has 0 bridgehead atoms. The monoisotopic (exact) mass is 448 g/mol. The molecule has 2 aromatic carbocycles. The second kappa shape index (κ2) is 12.8. The number of carbonyl (C=O) groups is 2. The highest BCUT2D eigenvalue weighted by Crippen LogP contribution is 2.19. The second-order valence-electron chi connectivity index (χ2n) is 8.65. The van der Waals surface area contributed by atoms with Crippen molar-refractivity contribution in [2.75, 3.05) is 37.6 Å².